The van der Waals surface area contributed by atoms with Crippen LogP contribution in [0.5, 0.6) is 0 Å². The molecule has 0 radical (unpaired) electrons. The van der Waals surface area contributed by atoms with E-state index in [2.05, 4.69) is 32.0 Å². The Labute approximate surface area is 180 Å². The molecule has 1 aliphatic rings. The van der Waals surface area contributed by atoms with Crippen LogP contribution in [0.2, 0.25) is 0 Å². The highest BCUT2D eigenvalue weighted by atomic mass is 32.2. The molecule has 1 saturated carbocycles. The average molecular weight is 425 g/mol. The number of fused-ring (bicyclic) bond motifs is 1. The summed E-state index contributed by atoms with van der Waals surface area (Å²) in [4.78, 5) is 35.1. The molecule has 0 saturated heterocycles. The summed E-state index contributed by atoms with van der Waals surface area (Å²) in [6.07, 6.45) is 5.72. The van der Waals surface area contributed by atoms with Crippen LogP contribution in [-0.2, 0) is 19.8 Å². The van der Waals surface area contributed by atoms with Gasteiger partial charge in [0.15, 0.2) is 5.65 Å². The van der Waals surface area contributed by atoms with Crippen LogP contribution in [0.4, 0.5) is 0 Å². The molecular formula is C23H28N4O2S. The molecule has 30 heavy (non-hydrogen) atoms. The summed E-state index contributed by atoms with van der Waals surface area (Å²) < 4.78 is 2.63. The predicted octanol–water partition coefficient (Wildman–Crippen LogP) is 3.98. The molecule has 7 heteroatoms. The highest BCUT2D eigenvalue weighted by molar-refractivity contribution is 7.98. The van der Waals surface area contributed by atoms with E-state index in [1.54, 1.807) is 18.8 Å². The smallest absolute Gasteiger partial charge is 0.280 e. The maximum Gasteiger partial charge on any atom is 0.332 e. The number of thioether (sulfide) groups is 1. The molecule has 2 heterocycles. The topological polar surface area (TPSA) is 69.8 Å². The number of aromatic nitrogens is 4. The Bertz CT molecular complexity index is 1220. The Balaban J connectivity index is 1.86. The van der Waals surface area contributed by atoms with E-state index in [0.29, 0.717) is 22.0 Å². The van der Waals surface area contributed by atoms with Gasteiger partial charge >= 0.3 is 5.69 Å². The molecule has 0 spiro atoms. The fourth-order valence-corrected chi connectivity index (χ4v) is 5.28. The maximum atomic E-state index is 13.0. The molecule has 0 N–H and O–H groups in total. The summed E-state index contributed by atoms with van der Waals surface area (Å²) in [6.45, 7) is 4.18. The van der Waals surface area contributed by atoms with Gasteiger partial charge in [-0.1, -0.05) is 43.0 Å². The van der Waals surface area contributed by atoms with Gasteiger partial charge < -0.3 is 0 Å². The second-order valence-electron chi connectivity index (χ2n) is 8.34. The Morgan fingerprint density at radius 1 is 1.03 bits per heavy atom. The van der Waals surface area contributed by atoms with Gasteiger partial charge in [0.05, 0.1) is 0 Å². The molecule has 0 amide bonds. The molecule has 0 aliphatic heterocycles. The third kappa shape index (κ3) is 3.83. The lowest BCUT2D eigenvalue weighted by molar-refractivity contribution is 0.427. The molecule has 6 nitrogen and oxygen atoms in total. The van der Waals surface area contributed by atoms with E-state index in [0.717, 1.165) is 29.0 Å². The quantitative estimate of drug-likeness (QED) is 0.468. The van der Waals surface area contributed by atoms with Crippen molar-refractivity contribution in [1.29, 1.82) is 0 Å². The first kappa shape index (κ1) is 20.8. The summed E-state index contributed by atoms with van der Waals surface area (Å²) in [7, 11) is 3.19. The van der Waals surface area contributed by atoms with E-state index in [-0.39, 0.29) is 11.2 Å². The molecule has 4 rings (SSSR count). The van der Waals surface area contributed by atoms with Crippen LogP contribution in [0.1, 0.15) is 60.5 Å². The maximum absolute atomic E-state index is 13.0. The fourth-order valence-electron chi connectivity index (χ4n) is 4.19. The SMILES string of the molecule is Cc1ccc(C)c(CSc2nc(C3CCCCC3)nc3c2c(=O)n(C)c(=O)n3C)c1. The van der Waals surface area contributed by atoms with Crippen LogP contribution >= 0.6 is 11.8 Å². The minimum absolute atomic E-state index is 0.294. The Morgan fingerprint density at radius 3 is 2.50 bits per heavy atom. The largest absolute Gasteiger partial charge is 0.332 e. The standard InChI is InChI=1S/C23H28N4O2S/c1-14-10-11-15(2)17(12-14)13-30-21-18-20(26(3)23(29)27(4)22(18)28)24-19(25-21)16-8-6-5-7-9-16/h10-12,16H,5-9,13H2,1-4H3. The van der Waals surface area contributed by atoms with Crippen molar-refractivity contribution in [3.05, 3.63) is 61.6 Å². The van der Waals surface area contributed by atoms with Crippen LogP contribution in [0.3, 0.4) is 0 Å². The third-order valence-electron chi connectivity index (χ3n) is 6.12. The molecule has 2 aromatic heterocycles. The van der Waals surface area contributed by atoms with Crippen LogP contribution in [0, 0.1) is 13.8 Å². The highest BCUT2D eigenvalue weighted by Gasteiger charge is 2.23. The minimum atomic E-state index is -0.355. The van der Waals surface area contributed by atoms with Gasteiger partial charge in [-0.15, -0.1) is 11.8 Å². The predicted molar refractivity (Wildman–Crippen MR) is 121 cm³/mol. The van der Waals surface area contributed by atoms with E-state index in [1.807, 2.05) is 0 Å². The summed E-state index contributed by atoms with van der Waals surface area (Å²) >= 11 is 1.56. The number of hydrogen-bond acceptors (Lipinski definition) is 5. The molecule has 0 unspecified atom stereocenters. The van der Waals surface area contributed by atoms with Crippen molar-refractivity contribution in [2.75, 3.05) is 0 Å². The lowest BCUT2D eigenvalue weighted by Gasteiger charge is -2.21. The average Bonchev–Trinajstić information content (AvgIpc) is 2.76. The molecule has 3 aromatic rings. The van der Waals surface area contributed by atoms with Gasteiger partial charge in [-0.05, 0) is 37.8 Å². The summed E-state index contributed by atoms with van der Waals surface area (Å²) in [5.74, 6) is 1.78. The lowest BCUT2D eigenvalue weighted by atomic mass is 9.89. The number of nitrogens with zero attached hydrogens (tertiary/aromatic N) is 4. The number of benzene rings is 1. The van der Waals surface area contributed by atoms with E-state index >= 15 is 0 Å². The minimum Gasteiger partial charge on any atom is -0.280 e. The Kier molecular flexibility index (Phi) is 5.82. The van der Waals surface area contributed by atoms with Gasteiger partial charge in [-0.3, -0.25) is 13.9 Å². The summed E-state index contributed by atoms with van der Waals surface area (Å²) in [6, 6.07) is 6.41. The van der Waals surface area contributed by atoms with Crippen LogP contribution in [-0.4, -0.2) is 19.1 Å². The van der Waals surface area contributed by atoms with E-state index < -0.39 is 0 Å². The van der Waals surface area contributed by atoms with Gasteiger partial charge in [0.2, 0.25) is 0 Å². The normalized spacial score (nSPS) is 15.1. The molecule has 1 fully saturated rings. The molecule has 158 valence electrons. The highest BCUT2D eigenvalue weighted by Crippen LogP contribution is 2.34. The lowest BCUT2D eigenvalue weighted by Crippen LogP contribution is -2.38. The van der Waals surface area contributed by atoms with Crippen molar-refractivity contribution in [2.45, 2.75) is 62.6 Å². The van der Waals surface area contributed by atoms with Crippen molar-refractivity contribution in [2.24, 2.45) is 14.1 Å². The fraction of sp³-hybridized carbons (Fsp3) is 0.478. The first-order valence-corrected chi connectivity index (χ1v) is 11.5. The van der Waals surface area contributed by atoms with Crippen LogP contribution in [0.25, 0.3) is 11.0 Å². The van der Waals surface area contributed by atoms with Gasteiger partial charge in [0.1, 0.15) is 16.2 Å². The molecule has 1 aliphatic carbocycles. The Morgan fingerprint density at radius 2 is 1.77 bits per heavy atom. The first-order chi connectivity index (χ1) is 14.4. The van der Waals surface area contributed by atoms with Crippen molar-refractivity contribution in [3.63, 3.8) is 0 Å². The monoisotopic (exact) mass is 424 g/mol. The third-order valence-corrected chi connectivity index (χ3v) is 7.15. The summed E-state index contributed by atoms with van der Waals surface area (Å²) in [5, 5.41) is 1.12. The molecule has 0 bridgehead atoms. The van der Waals surface area contributed by atoms with Gasteiger partial charge in [0.25, 0.3) is 5.56 Å². The second kappa shape index (κ2) is 8.38. The zero-order valence-corrected chi connectivity index (χ0v) is 18.9. The number of hydrogen-bond donors (Lipinski definition) is 0. The zero-order valence-electron chi connectivity index (χ0n) is 18.1. The Hall–Kier alpha value is -2.41. The van der Waals surface area contributed by atoms with Crippen molar-refractivity contribution >= 4 is 22.8 Å². The second-order valence-corrected chi connectivity index (χ2v) is 9.31. The molecule has 1 aromatic carbocycles. The van der Waals surface area contributed by atoms with Gasteiger partial charge in [-0.25, -0.2) is 14.8 Å². The van der Waals surface area contributed by atoms with Crippen molar-refractivity contribution < 1.29 is 0 Å². The first-order valence-electron chi connectivity index (χ1n) is 10.5. The van der Waals surface area contributed by atoms with Gasteiger partial charge in [-0.2, -0.15) is 0 Å². The zero-order chi connectivity index (χ0) is 21.4. The van der Waals surface area contributed by atoms with Crippen LogP contribution < -0.4 is 11.2 Å². The van der Waals surface area contributed by atoms with Crippen LogP contribution in [0.15, 0.2) is 32.8 Å². The van der Waals surface area contributed by atoms with Crippen molar-refractivity contribution in [1.82, 2.24) is 19.1 Å². The van der Waals surface area contributed by atoms with E-state index in [9.17, 15) is 9.59 Å². The molecular weight excluding hydrogens is 396 g/mol. The number of rotatable bonds is 4. The van der Waals surface area contributed by atoms with Crippen molar-refractivity contribution in [3.8, 4) is 0 Å². The number of aryl methyl sites for hydroxylation is 3. The van der Waals surface area contributed by atoms with E-state index in [4.69, 9.17) is 9.97 Å². The molecule has 0 atom stereocenters. The van der Waals surface area contributed by atoms with Gasteiger partial charge in [0, 0.05) is 25.8 Å². The summed E-state index contributed by atoms with van der Waals surface area (Å²) in [5.41, 5.74) is 3.43. The van der Waals surface area contributed by atoms with E-state index in [1.165, 1.54) is 47.6 Å².